The summed E-state index contributed by atoms with van der Waals surface area (Å²) in [5.74, 6) is 2.45. The van der Waals surface area contributed by atoms with Crippen molar-refractivity contribution < 1.29 is 14.3 Å². The van der Waals surface area contributed by atoms with Gasteiger partial charge in [-0.2, -0.15) is 0 Å². The monoisotopic (exact) mass is 349 g/mol. The van der Waals surface area contributed by atoms with Crippen LogP contribution in [0.5, 0.6) is 11.5 Å². The van der Waals surface area contributed by atoms with Crippen molar-refractivity contribution in [3.8, 4) is 11.5 Å². The molecule has 0 radical (unpaired) electrons. The molecule has 0 unspecified atom stereocenters. The van der Waals surface area contributed by atoms with Gasteiger partial charge in [0, 0.05) is 16.2 Å². The van der Waals surface area contributed by atoms with Gasteiger partial charge in [-0.25, -0.2) is 9.79 Å². The first-order valence-electron chi connectivity index (χ1n) is 7.97. The van der Waals surface area contributed by atoms with Gasteiger partial charge in [0.05, 0.1) is 0 Å². The Bertz CT molecular complexity index is 883. The Labute approximate surface area is 149 Å². The first-order chi connectivity index (χ1) is 12.3. The Morgan fingerprint density at radius 1 is 1.04 bits per heavy atom. The van der Waals surface area contributed by atoms with Crippen molar-refractivity contribution in [2.75, 3.05) is 5.75 Å². The topological polar surface area (TPSA) is 47.9 Å². The minimum absolute atomic E-state index is 0.325. The maximum Gasteiger partial charge on any atom is 0.363 e. The third-order valence-electron chi connectivity index (χ3n) is 3.71. The van der Waals surface area contributed by atoms with Crippen molar-refractivity contribution in [1.29, 1.82) is 0 Å². The number of benzene rings is 2. The SMILES string of the molecule is O=C1OC(c2ccc(Oc3ccccc3)cc2)=N/C1=C/C1=CCCS1. The molecule has 4 nitrogen and oxygen atoms in total. The zero-order valence-electron chi connectivity index (χ0n) is 13.3. The summed E-state index contributed by atoms with van der Waals surface area (Å²) >= 11 is 1.72. The number of hydrogen-bond donors (Lipinski definition) is 0. The Morgan fingerprint density at radius 2 is 1.80 bits per heavy atom. The van der Waals surface area contributed by atoms with Crippen molar-refractivity contribution in [2.45, 2.75) is 6.42 Å². The third-order valence-corrected chi connectivity index (χ3v) is 4.77. The fourth-order valence-corrected chi connectivity index (χ4v) is 3.40. The average Bonchev–Trinajstić information content (AvgIpc) is 3.27. The number of allylic oxidation sites excluding steroid dienone is 2. The summed E-state index contributed by atoms with van der Waals surface area (Å²) in [6.07, 6.45) is 4.92. The second-order valence-corrected chi connectivity index (χ2v) is 6.69. The summed E-state index contributed by atoms with van der Waals surface area (Å²) in [7, 11) is 0. The summed E-state index contributed by atoms with van der Waals surface area (Å²) in [6, 6.07) is 16.9. The summed E-state index contributed by atoms with van der Waals surface area (Å²) in [5, 5.41) is 0. The lowest BCUT2D eigenvalue weighted by atomic mass is 10.2. The van der Waals surface area contributed by atoms with E-state index in [4.69, 9.17) is 9.47 Å². The molecular formula is C20H15NO3S. The molecule has 0 saturated carbocycles. The molecule has 25 heavy (non-hydrogen) atoms. The molecule has 0 amide bonds. The van der Waals surface area contributed by atoms with Crippen LogP contribution < -0.4 is 4.74 Å². The number of cyclic esters (lactones) is 1. The van der Waals surface area contributed by atoms with Gasteiger partial charge in [0.15, 0.2) is 5.70 Å². The predicted molar refractivity (Wildman–Crippen MR) is 98.8 cm³/mol. The number of carbonyl (C=O) groups excluding carboxylic acids is 1. The maximum absolute atomic E-state index is 12.0. The van der Waals surface area contributed by atoms with E-state index in [0.717, 1.165) is 28.4 Å². The number of ether oxygens (including phenoxy) is 2. The van der Waals surface area contributed by atoms with Crippen LogP contribution in [-0.4, -0.2) is 17.6 Å². The summed E-state index contributed by atoms with van der Waals surface area (Å²) in [4.78, 5) is 17.4. The number of rotatable bonds is 4. The predicted octanol–water partition coefficient (Wildman–Crippen LogP) is 4.69. The highest BCUT2D eigenvalue weighted by molar-refractivity contribution is 8.03. The molecule has 0 bridgehead atoms. The molecule has 0 saturated heterocycles. The number of esters is 1. The van der Waals surface area contributed by atoms with Crippen LogP contribution in [0.4, 0.5) is 0 Å². The minimum Gasteiger partial charge on any atom is -0.457 e. The molecule has 2 aromatic carbocycles. The molecule has 0 fully saturated rings. The summed E-state index contributed by atoms with van der Waals surface area (Å²) in [5.41, 5.74) is 1.09. The van der Waals surface area contributed by atoms with E-state index in [1.165, 1.54) is 0 Å². The molecule has 2 aliphatic heterocycles. The van der Waals surface area contributed by atoms with Gasteiger partial charge in [-0.05, 0) is 48.9 Å². The fourth-order valence-electron chi connectivity index (χ4n) is 2.50. The third kappa shape index (κ3) is 3.67. The molecule has 2 aromatic rings. The van der Waals surface area contributed by atoms with Gasteiger partial charge in [0.1, 0.15) is 11.5 Å². The zero-order valence-corrected chi connectivity index (χ0v) is 14.2. The Kier molecular flexibility index (Phi) is 4.39. The normalized spacial score (nSPS) is 18.1. The molecule has 4 rings (SSSR count). The van der Waals surface area contributed by atoms with Crippen molar-refractivity contribution in [3.63, 3.8) is 0 Å². The van der Waals surface area contributed by atoms with Crippen LogP contribution in [0.3, 0.4) is 0 Å². The van der Waals surface area contributed by atoms with Gasteiger partial charge in [0.2, 0.25) is 5.90 Å². The molecule has 0 N–H and O–H groups in total. The number of aliphatic imine (C=N–C) groups is 1. The molecule has 5 heteroatoms. The standard InChI is InChI=1S/C20H15NO3S/c22-20-18(13-17-7-4-12-25-17)21-19(24-20)14-8-10-16(11-9-14)23-15-5-2-1-3-6-15/h1-3,5-11,13H,4,12H2/b18-13+. The van der Waals surface area contributed by atoms with E-state index >= 15 is 0 Å². The lowest BCUT2D eigenvalue weighted by molar-refractivity contribution is -0.130. The van der Waals surface area contributed by atoms with E-state index in [1.807, 2.05) is 54.6 Å². The van der Waals surface area contributed by atoms with Crippen LogP contribution in [0.1, 0.15) is 12.0 Å². The molecule has 0 atom stereocenters. The van der Waals surface area contributed by atoms with Crippen LogP contribution in [0.25, 0.3) is 0 Å². The van der Waals surface area contributed by atoms with Gasteiger partial charge in [-0.15, -0.1) is 11.8 Å². The molecule has 2 aliphatic rings. The van der Waals surface area contributed by atoms with Crippen LogP contribution >= 0.6 is 11.8 Å². The van der Waals surface area contributed by atoms with E-state index in [1.54, 1.807) is 17.8 Å². The van der Waals surface area contributed by atoms with Crippen molar-refractivity contribution >= 4 is 23.6 Å². The highest BCUT2D eigenvalue weighted by atomic mass is 32.2. The number of thioether (sulfide) groups is 1. The van der Waals surface area contributed by atoms with Gasteiger partial charge < -0.3 is 9.47 Å². The number of para-hydroxylation sites is 1. The second kappa shape index (κ2) is 6.99. The zero-order chi connectivity index (χ0) is 17.1. The highest BCUT2D eigenvalue weighted by Gasteiger charge is 2.24. The summed E-state index contributed by atoms with van der Waals surface area (Å²) in [6.45, 7) is 0. The van der Waals surface area contributed by atoms with Gasteiger partial charge in [-0.1, -0.05) is 24.3 Å². The summed E-state index contributed by atoms with van der Waals surface area (Å²) < 4.78 is 11.1. The Hall–Kier alpha value is -2.79. The lowest BCUT2D eigenvalue weighted by Gasteiger charge is -2.06. The number of nitrogens with zero attached hydrogens (tertiary/aromatic N) is 1. The molecule has 124 valence electrons. The fraction of sp³-hybridized carbons (Fsp3) is 0.100. The first-order valence-corrected chi connectivity index (χ1v) is 8.95. The minimum atomic E-state index is -0.409. The van der Waals surface area contributed by atoms with Crippen molar-refractivity contribution in [3.05, 3.63) is 82.9 Å². The quantitative estimate of drug-likeness (QED) is 0.594. The number of hydrogen-bond acceptors (Lipinski definition) is 5. The molecule has 0 aliphatic carbocycles. The van der Waals surface area contributed by atoms with E-state index in [9.17, 15) is 4.79 Å². The van der Waals surface area contributed by atoms with Crippen LogP contribution in [0.2, 0.25) is 0 Å². The Balaban J connectivity index is 1.51. The largest absolute Gasteiger partial charge is 0.457 e. The van der Waals surface area contributed by atoms with Gasteiger partial charge in [0.25, 0.3) is 0 Å². The van der Waals surface area contributed by atoms with Crippen LogP contribution in [0.15, 0.2) is 82.3 Å². The van der Waals surface area contributed by atoms with Crippen LogP contribution in [0, 0.1) is 0 Å². The van der Waals surface area contributed by atoms with E-state index in [2.05, 4.69) is 11.1 Å². The lowest BCUT2D eigenvalue weighted by Crippen LogP contribution is -2.05. The molecular weight excluding hydrogens is 334 g/mol. The molecule has 0 aromatic heterocycles. The van der Waals surface area contributed by atoms with Crippen molar-refractivity contribution in [2.24, 2.45) is 4.99 Å². The smallest absolute Gasteiger partial charge is 0.363 e. The first kappa shape index (κ1) is 15.7. The molecule has 2 heterocycles. The van der Waals surface area contributed by atoms with Crippen molar-refractivity contribution in [1.82, 2.24) is 0 Å². The average molecular weight is 349 g/mol. The number of carbonyl (C=O) groups is 1. The van der Waals surface area contributed by atoms with Crippen LogP contribution in [-0.2, 0) is 9.53 Å². The van der Waals surface area contributed by atoms with E-state index in [0.29, 0.717) is 17.3 Å². The van der Waals surface area contributed by atoms with E-state index in [-0.39, 0.29) is 0 Å². The van der Waals surface area contributed by atoms with Gasteiger partial charge in [-0.3, -0.25) is 0 Å². The maximum atomic E-state index is 12.0. The Morgan fingerprint density at radius 3 is 2.52 bits per heavy atom. The highest BCUT2D eigenvalue weighted by Crippen LogP contribution is 2.29. The molecule has 0 spiro atoms. The van der Waals surface area contributed by atoms with E-state index < -0.39 is 5.97 Å². The second-order valence-electron chi connectivity index (χ2n) is 5.52. The van der Waals surface area contributed by atoms with Gasteiger partial charge >= 0.3 is 5.97 Å².